The lowest BCUT2D eigenvalue weighted by atomic mass is 10.1. The van der Waals surface area contributed by atoms with Crippen molar-refractivity contribution in [3.8, 4) is 0 Å². The van der Waals surface area contributed by atoms with Crippen LogP contribution in [0.3, 0.4) is 0 Å². The van der Waals surface area contributed by atoms with E-state index < -0.39 is 0 Å². The fourth-order valence-corrected chi connectivity index (χ4v) is 0.444. The Labute approximate surface area is 73.7 Å². The molecule has 0 rings (SSSR count). The van der Waals surface area contributed by atoms with Crippen molar-refractivity contribution in [2.75, 3.05) is 0 Å². The zero-order valence-electron chi connectivity index (χ0n) is 8.31. The van der Waals surface area contributed by atoms with Crippen LogP contribution in [0.15, 0.2) is 12.2 Å². The molecule has 0 atom stereocenters. The Morgan fingerprint density at radius 1 is 0.727 bits per heavy atom. The average Bonchev–Trinajstić information content (AvgIpc) is 1.89. The zero-order chi connectivity index (χ0) is 8.57. The van der Waals surface area contributed by atoms with Crippen molar-refractivity contribution >= 4 is 0 Å². The molecular weight excluding hydrogens is 132 g/mol. The fraction of sp³-hybridized carbons (Fsp3) is 0.818. The summed E-state index contributed by atoms with van der Waals surface area (Å²) in [5, 5.41) is 0. The van der Waals surface area contributed by atoms with E-state index in [0.717, 1.165) is 0 Å². The lowest BCUT2D eigenvalue weighted by molar-refractivity contribution is 0.780. The maximum atomic E-state index is 2.24. The van der Waals surface area contributed by atoms with Gasteiger partial charge >= 0.3 is 0 Å². The third kappa shape index (κ3) is 26.0. The van der Waals surface area contributed by atoms with Gasteiger partial charge in [0.25, 0.3) is 0 Å². The highest BCUT2D eigenvalue weighted by Crippen LogP contribution is 1.99. The largest absolute Gasteiger partial charge is 0.0857 e. The third-order valence-corrected chi connectivity index (χ3v) is 0.881. The summed E-state index contributed by atoms with van der Waals surface area (Å²) in [5.74, 6) is 1.41. The Kier molecular flexibility index (Phi) is 19.2. The van der Waals surface area contributed by atoms with E-state index in [9.17, 15) is 0 Å². The highest BCUT2D eigenvalue weighted by molar-refractivity contribution is 4.86. The predicted molar refractivity (Wildman–Crippen MR) is 56.9 cm³/mol. The summed E-state index contributed by atoms with van der Waals surface area (Å²) in [6.07, 6.45) is 4.48. The molecule has 0 N–H and O–H groups in total. The van der Waals surface area contributed by atoms with Crippen molar-refractivity contribution in [1.29, 1.82) is 0 Å². The van der Waals surface area contributed by atoms with Crippen LogP contribution in [0, 0.1) is 11.8 Å². The molecule has 70 valence electrons. The maximum Gasteiger partial charge on any atom is -0.0290 e. The first-order valence-corrected chi connectivity index (χ1v) is 4.31. The maximum absolute atomic E-state index is 2.24. The normalized spacial score (nSPS) is 9.45. The minimum Gasteiger partial charge on any atom is -0.0857 e. The molecule has 0 spiro atoms. The van der Waals surface area contributed by atoms with E-state index in [2.05, 4.69) is 39.8 Å². The van der Waals surface area contributed by atoms with Crippen LogP contribution >= 0.6 is 0 Å². The van der Waals surface area contributed by atoms with Gasteiger partial charge in [0, 0.05) is 0 Å². The lowest BCUT2D eigenvalue weighted by Gasteiger charge is -1.95. The van der Waals surface area contributed by atoms with Crippen LogP contribution in [0.25, 0.3) is 0 Å². The van der Waals surface area contributed by atoms with Crippen molar-refractivity contribution in [3.63, 3.8) is 0 Å². The van der Waals surface area contributed by atoms with Crippen molar-refractivity contribution < 1.29 is 0 Å². The van der Waals surface area contributed by atoms with E-state index in [0.29, 0.717) is 11.8 Å². The molecule has 0 bridgehead atoms. The second kappa shape index (κ2) is 12.4. The number of hydrogen-bond donors (Lipinski definition) is 0. The molecule has 0 unspecified atom stereocenters. The molecule has 0 aromatic carbocycles. The van der Waals surface area contributed by atoms with Gasteiger partial charge in [0.15, 0.2) is 0 Å². The molecule has 0 saturated heterocycles. The van der Waals surface area contributed by atoms with Crippen LogP contribution in [0.1, 0.15) is 49.0 Å². The van der Waals surface area contributed by atoms with Crippen molar-refractivity contribution in [2.24, 2.45) is 11.8 Å². The summed E-state index contributed by atoms with van der Waals surface area (Å²) in [4.78, 5) is 0. The van der Waals surface area contributed by atoms with Gasteiger partial charge in [-0.3, -0.25) is 0 Å². The number of rotatable bonds is 2. The smallest absolute Gasteiger partial charge is 0.0290 e. The molecule has 11 heavy (non-hydrogen) atoms. The first-order chi connectivity index (χ1) is 4.63. The molecule has 0 aromatic rings. The second-order valence-electron chi connectivity index (χ2n) is 2.87. The van der Waals surface area contributed by atoms with E-state index in [1.807, 2.05) is 13.8 Å². The Morgan fingerprint density at radius 2 is 0.909 bits per heavy atom. The van der Waals surface area contributed by atoms with E-state index in [1.165, 1.54) is 0 Å². The van der Waals surface area contributed by atoms with E-state index >= 15 is 0 Å². The summed E-state index contributed by atoms with van der Waals surface area (Å²) in [6.45, 7) is 12.8. The molecule has 0 aliphatic carbocycles. The summed E-state index contributed by atoms with van der Waals surface area (Å²) in [6, 6.07) is 0. The van der Waals surface area contributed by atoms with Crippen molar-refractivity contribution in [3.05, 3.63) is 12.2 Å². The van der Waals surface area contributed by atoms with Crippen LogP contribution < -0.4 is 0 Å². The van der Waals surface area contributed by atoms with E-state index in [-0.39, 0.29) is 7.43 Å². The first-order valence-electron chi connectivity index (χ1n) is 4.31. The molecule has 0 heteroatoms. The molecule has 0 radical (unpaired) electrons. The van der Waals surface area contributed by atoms with Gasteiger partial charge in [0.1, 0.15) is 0 Å². The molecule has 0 aliphatic rings. The van der Waals surface area contributed by atoms with Gasteiger partial charge in [-0.15, -0.1) is 0 Å². The Bertz CT molecular complexity index is 58.1. The van der Waals surface area contributed by atoms with Crippen molar-refractivity contribution in [1.82, 2.24) is 0 Å². The minimum absolute atomic E-state index is 0. The highest BCUT2D eigenvalue weighted by atomic mass is 13.9. The first kappa shape index (κ1) is 17.0. The van der Waals surface area contributed by atoms with Crippen LogP contribution in [0.2, 0.25) is 0 Å². The molecular formula is C11H26. The Hall–Kier alpha value is -0.260. The van der Waals surface area contributed by atoms with Gasteiger partial charge in [-0.1, -0.05) is 61.1 Å². The molecule has 0 amide bonds. The molecule has 0 aromatic heterocycles. The highest BCUT2D eigenvalue weighted by Gasteiger charge is 1.85. The third-order valence-electron chi connectivity index (χ3n) is 0.881. The van der Waals surface area contributed by atoms with E-state index in [1.54, 1.807) is 0 Å². The van der Waals surface area contributed by atoms with Crippen LogP contribution in [0.5, 0.6) is 0 Å². The summed E-state index contributed by atoms with van der Waals surface area (Å²) >= 11 is 0. The standard InChI is InChI=1S/C8H16.C2H6.CH4/c1-7(2)5-6-8(3)4;1-2;/h5-8H,1-4H3;1-2H3;1H4/b6-5-;;. The topological polar surface area (TPSA) is 0 Å². The molecule has 0 nitrogen and oxygen atoms in total. The number of allylic oxidation sites excluding steroid dienone is 2. The van der Waals surface area contributed by atoms with Crippen LogP contribution in [-0.2, 0) is 0 Å². The lowest BCUT2D eigenvalue weighted by Crippen LogP contribution is -1.81. The minimum atomic E-state index is 0. The Balaban J connectivity index is -0.000000196. The van der Waals surface area contributed by atoms with Gasteiger partial charge in [0.2, 0.25) is 0 Å². The van der Waals surface area contributed by atoms with Gasteiger partial charge in [-0.2, -0.15) is 0 Å². The summed E-state index contributed by atoms with van der Waals surface area (Å²) in [7, 11) is 0. The van der Waals surface area contributed by atoms with Gasteiger partial charge in [0.05, 0.1) is 0 Å². The van der Waals surface area contributed by atoms with Crippen molar-refractivity contribution in [2.45, 2.75) is 49.0 Å². The summed E-state index contributed by atoms with van der Waals surface area (Å²) < 4.78 is 0. The van der Waals surface area contributed by atoms with Gasteiger partial charge < -0.3 is 0 Å². The summed E-state index contributed by atoms with van der Waals surface area (Å²) in [5.41, 5.74) is 0. The Morgan fingerprint density at radius 3 is 1.00 bits per heavy atom. The second-order valence-corrected chi connectivity index (χ2v) is 2.87. The fourth-order valence-electron chi connectivity index (χ4n) is 0.444. The monoisotopic (exact) mass is 158 g/mol. The molecule has 0 fully saturated rings. The zero-order valence-corrected chi connectivity index (χ0v) is 8.31. The quantitative estimate of drug-likeness (QED) is 0.518. The predicted octanol–water partition coefficient (Wildman–Crippen LogP) is 4.52. The van der Waals surface area contributed by atoms with Crippen LogP contribution in [0.4, 0.5) is 0 Å². The molecule has 0 heterocycles. The average molecular weight is 158 g/mol. The van der Waals surface area contributed by atoms with Gasteiger partial charge in [-0.05, 0) is 11.8 Å². The number of hydrogen-bond acceptors (Lipinski definition) is 0. The van der Waals surface area contributed by atoms with E-state index in [4.69, 9.17) is 0 Å². The van der Waals surface area contributed by atoms with Gasteiger partial charge in [-0.25, -0.2) is 0 Å². The molecule has 0 aliphatic heterocycles. The molecule has 0 saturated carbocycles. The SMILES string of the molecule is C.CC.CC(C)/C=C\C(C)C. The van der Waals surface area contributed by atoms with Crippen LogP contribution in [-0.4, -0.2) is 0 Å².